The zero-order valence-electron chi connectivity index (χ0n) is 27.6. The molecule has 0 fully saturated rings. The van der Waals surface area contributed by atoms with Crippen molar-refractivity contribution in [3.05, 3.63) is 185 Å². The van der Waals surface area contributed by atoms with Crippen LogP contribution in [0.15, 0.2) is 146 Å². The van der Waals surface area contributed by atoms with Crippen LogP contribution < -0.4 is 4.74 Å². The predicted octanol–water partition coefficient (Wildman–Crippen LogP) is 8.64. The largest absolute Gasteiger partial charge is 0.488 e. The highest BCUT2D eigenvalue weighted by Gasteiger charge is 2.42. The number of aromatic nitrogens is 5. The van der Waals surface area contributed by atoms with Gasteiger partial charge in [0.15, 0.2) is 11.6 Å². The van der Waals surface area contributed by atoms with E-state index in [4.69, 9.17) is 9.95 Å². The van der Waals surface area contributed by atoms with Crippen molar-refractivity contribution in [1.29, 1.82) is 0 Å². The van der Waals surface area contributed by atoms with Gasteiger partial charge in [0.25, 0.3) is 0 Å². The van der Waals surface area contributed by atoms with Crippen LogP contribution in [0.3, 0.4) is 0 Å². The minimum atomic E-state index is -0.862. The van der Waals surface area contributed by atoms with E-state index in [-0.39, 0.29) is 5.78 Å². The van der Waals surface area contributed by atoms with Crippen LogP contribution in [-0.2, 0) is 12.1 Å². The smallest absolute Gasteiger partial charge is 0.184 e. The molecule has 0 aliphatic heterocycles. The number of tetrazole rings is 1. The Morgan fingerprint density at radius 1 is 0.694 bits per heavy atom. The maximum Gasteiger partial charge on any atom is 0.184 e. The molecule has 0 saturated heterocycles. The van der Waals surface area contributed by atoms with Crippen LogP contribution in [0.5, 0.6) is 5.75 Å². The third-order valence-corrected chi connectivity index (χ3v) is 8.83. The first-order valence-electron chi connectivity index (χ1n) is 16.2. The fraction of sp³-hybridized carbons (Fsp3) is 0.119. The van der Waals surface area contributed by atoms with Gasteiger partial charge in [0.05, 0.1) is 11.3 Å². The Morgan fingerprint density at radius 2 is 1.22 bits per heavy atom. The summed E-state index contributed by atoms with van der Waals surface area (Å²) in [4.78, 5) is 16.8. The Labute approximate surface area is 285 Å². The van der Waals surface area contributed by atoms with Crippen LogP contribution in [0.2, 0.25) is 0 Å². The molecule has 49 heavy (non-hydrogen) atoms. The van der Waals surface area contributed by atoms with Gasteiger partial charge in [-0.05, 0) is 64.6 Å². The van der Waals surface area contributed by atoms with Crippen LogP contribution in [0.25, 0.3) is 22.5 Å². The Morgan fingerprint density at radius 3 is 1.78 bits per heavy atom. The first-order valence-corrected chi connectivity index (χ1v) is 16.2. The fourth-order valence-electron chi connectivity index (χ4n) is 6.69. The van der Waals surface area contributed by atoms with Crippen LogP contribution in [0.4, 0.5) is 0 Å². The van der Waals surface area contributed by atoms with E-state index in [1.54, 1.807) is 6.92 Å². The van der Waals surface area contributed by atoms with E-state index < -0.39 is 5.54 Å². The third kappa shape index (κ3) is 5.91. The van der Waals surface area contributed by atoms with E-state index in [9.17, 15) is 4.79 Å². The highest BCUT2D eigenvalue weighted by atomic mass is 16.5. The normalized spacial score (nSPS) is 11.3. The molecule has 7 rings (SSSR count). The molecule has 2 aromatic heterocycles. The maximum atomic E-state index is 12.3. The molecule has 240 valence electrons. The molecule has 7 aromatic rings. The standard InChI is InChI=1S/C42H35N5O2/c1-29-27-39(40(31(3)48)30(2)43-29)49-28-32-23-25-33(26-24-32)37-21-13-14-22-38(37)41-44-45-46-47(41)42(34-15-7-4-8-16-34,35-17-9-5-10-18-35)36-19-11-6-12-20-36/h4-27H,28H2,1-3H3. The lowest BCUT2D eigenvalue weighted by Gasteiger charge is -2.36. The number of ketones is 1. The SMILES string of the molecule is CC(=O)c1c(OCc2ccc(-c3ccccc3-c3nnnn3C(c3ccccc3)(c3ccccc3)c3ccccc3)cc2)cc(C)nc1C. The lowest BCUT2D eigenvalue weighted by Crippen LogP contribution is -2.39. The lowest BCUT2D eigenvalue weighted by atomic mass is 9.77. The topological polar surface area (TPSA) is 82.8 Å². The number of pyridine rings is 1. The van der Waals surface area contributed by atoms with Crippen molar-refractivity contribution < 1.29 is 9.53 Å². The molecule has 7 heteroatoms. The number of rotatable bonds is 10. The van der Waals surface area contributed by atoms with Crippen molar-refractivity contribution in [2.24, 2.45) is 0 Å². The molecular formula is C42H35N5O2. The minimum absolute atomic E-state index is 0.0647. The second-order valence-corrected chi connectivity index (χ2v) is 12.0. The first kappa shape index (κ1) is 31.4. The fourth-order valence-corrected chi connectivity index (χ4v) is 6.69. The monoisotopic (exact) mass is 641 g/mol. The molecule has 0 bridgehead atoms. The molecule has 0 aliphatic rings. The van der Waals surface area contributed by atoms with Crippen molar-refractivity contribution in [2.75, 3.05) is 0 Å². The molecule has 0 spiro atoms. The Hall–Kier alpha value is -6.21. The summed E-state index contributed by atoms with van der Waals surface area (Å²) in [6.45, 7) is 5.59. The molecular weight excluding hydrogens is 606 g/mol. The summed E-state index contributed by atoms with van der Waals surface area (Å²) in [5, 5.41) is 13.7. The summed E-state index contributed by atoms with van der Waals surface area (Å²) < 4.78 is 8.12. The maximum absolute atomic E-state index is 12.3. The van der Waals surface area contributed by atoms with Gasteiger partial charge in [-0.1, -0.05) is 140 Å². The van der Waals surface area contributed by atoms with Gasteiger partial charge in [0.1, 0.15) is 17.9 Å². The van der Waals surface area contributed by atoms with E-state index >= 15 is 0 Å². The van der Waals surface area contributed by atoms with E-state index in [0.717, 1.165) is 44.6 Å². The molecule has 0 saturated carbocycles. The van der Waals surface area contributed by atoms with Crippen molar-refractivity contribution in [3.8, 4) is 28.3 Å². The zero-order chi connectivity index (χ0) is 33.8. The number of hydrogen-bond acceptors (Lipinski definition) is 6. The van der Waals surface area contributed by atoms with Gasteiger partial charge in [-0.15, -0.1) is 5.10 Å². The van der Waals surface area contributed by atoms with E-state index in [1.807, 2.05) is 67.1 Å². The van der Waals surface area contributed by atoms with Gasteiger partial charge >= 0.3 is 0 Å². The number of nitrogens with zero attached hydrogens (tertiary/aromatic N) is 5. The minimum Gasteiger partial charge on any atom is -0.488 e. The summed E-state index contributed by atoms with van der Waals surface area (Å²) >= 11 is 0. The number of benzene rings is 5. The zero-order valence-corrected chi connectivity index (χ0v) is 27.6. The number of carbonyl (C=O) groups is 1. The average Bonchev–Trinajstić information content (AvgIpc) is 3.62. The number of Topliss-reactive ketones (excluding diaryl/α,β-unsaturated/α-hetero) is 1. The molecule has 0 aliphatic carbocycles. The van der Waals surface area contributed by atoms with Gasteiger partial charge < -0.3 is 4.74 Å². The third-order valence-electron chi connectivity index (χ3n) is 8.83. The number of hydrogen-bond donors (Lipinski definition) is 0. The highest BCUT2D eigenvalue weighted by Crippen LogP contribution is 2.43. The Bertz CT molecular complexity index is 2120. The van der Waals surface area contributed by atoms with Crippen LogP contribution in [0.1, 0.15) is 50.9 Å². The molecule has 0 radical (unpaired) electrons. The van der Waals surface area contributed by atoms with Crippen molar-refractivity contribution >= 4 is 5.78 Å². The summed E-state index contributed by atoms with van der Waals surface area (Å²) in [5.41, 5.74) is 8.13. The summed E-state index contributed by atoms with van der Waals surface area (Å²) in [5.74, 6) is 1.13. The molecule has 0 unspecified atom stereocenters. The molecule has 0 N–H and O–H groups in total. The van der Waals surface area contributed by atoms with Crippen molar-refractivity contribution in [2.45, 2.75) is 32.9 Å². The molecule has 5 aromatic carbocycles. The molecule has 0 atom stereocenters. The quantitative estimate of drug-likeness (QED) is 0.110. The van der Waals surface area contributed by atoms with Crippen molar-refractivity contribution in [1.82, 2.24) is 25.2 Å². The Balaban J connectivity index is 1.31. The van der Waals surface area contributed by atoms with Crippen molar-refractivity contribution in [3.63, 3.8) is 0 Å². The van der Waals surface area contributed by atoms with E-state index in [0.29, 0.717) is 29.4 Å². The van der Waals surface area contributed by atoms with E-state index in [2.05, 4.69) is 112 Å². The van der Waals surface area contributed by atoms with Gasteiger partial charge in [-0.25, -0.2) is 4.68 Å². The second kappa shape index (κ2) is 13.5. The van der Waals surface area contributed by atoms with Gasteiger partial charge in [0, 0.05) is 17.3 Å². The number of ether oxygens (including phenoxy) is 1. The predicted molar refractivity (Wildman–Crippen MR) is 191 cm³/mol. The Kier molecular flexibility index (Phi) is 8.64. The lowest BCUT2D eigenvalue weighted by molar-refractivity contribution is 0.101. The van der Waals surface area contributed by atoms with Gasteiger partial charge in [-0.2, -0.15) is 0 Å². The molecule has 2 heterocycles. The van der Waals surface area contributed by atoms with Gasteiger partial charge in [-0.3, -0.25) is 9.78 Å². The number of carbonyl (C=O) groups excluding carboxylic acids is 1. The number of aryl methyl sites for hydroxylation is 2. The van der Waals surface area contributed by atoms with Crippen LogP contribution >= 0.6 is 0 Å². The van der Waals surface area contributed by atoms with Crippen LogP contribution in [-0.4, -0.2) is 31.0 Å². The first-order chi connectivity index (χ1) is 24.0. The summed E-state index contributed by atoms with van der Waals surface area (Å²) in [6.07, 6.45) is 0. The molecule has 0 amide bonds. The molecule has 7 nitrogen and oxygen atoms in total. The van der Waals surface area contributed by atoms with E-state index in [1.165, 1.54) is 0 Å². The van der Waals surface area contributed by atoms with Crippen LogP contribution in [0, 0.1) is 13.8 Å². The summed E-state index contributed by atoms with van der Waals surface area (Å²) in [7, 11) is 0. The van der Waals surface area contributed by atoms with Gasteiger partial charge in [0.2, 0.25) is 0 Å². The second-order valence-electron chi connectivity index (χ2n) is 12.0. The average molecular weight is 642 g/mol. The highest BCUT2D eigenvalue weighted by molar-refractivity contribution is 5.97. The summed E-state index contributed by atoms with van der Waals surface area (Å²) in [6, 6.07) is 49.5.